The van der Waals surface area contributed by atoms with E-state index in [4.69, 9.17) is 11.6 Å². The highest BCUT2D eigenvalue weighted by Crippen LogP contribution is 2.39. The molecule has 0 saturated heterocycles. The summed E-state index contributed by atoms with van der Waals surface area (Å²) in [6, 6.07) is 19.3. The second kappa shape index (κ2) is 10.1. The molecule has 1 heterocycles. The van der Waals surface area contributed by atoms with Crippen molar-refractivity contribution in [2.75, 3.05) is 10.6 Å². The van der Waals surface area contributed by atoms with Crippen molar-refractivity contribution in [3.8, 4) is 21.7 Å². The van der Waals surface area contributed by atoms with Crippen LogP contribution >= 0.6 is 22.9 Å². The first kappa shape index (κ1) is 23.0. The van der Waals surface area contributed by atoms with Crippen molar-refractivity contribution in [2.24, 2.45) is 0 Å². The third-order valence-electron chi connectivity index (χ3n) is 5.31. The predicted octanol–water partition coefficient (Wildman–Crippen LogP) is 8.04. The van der Waals surface area contributed by atoms with Crippen molar-refractivity contribution in [3.63, 3.8) is 0 Å². The average Bonchev–Trinajstić information content (AvgIpc) is 3.23. The fraction of sp³-hybridized carbons (Fsp3) is 0.154. The summed E-state index contributed by atoms with van der Waals surface area (Å²) in [6.07, 6.45) is 1.63. The van der Waals surface area contributed by atoms with Crippen LogP contribution in [0, 0.1) is 5.82 Å². The molecule has 2 N–H and O–H groups in total. The number of nitrogens with one attached hydrogen (secondary N) is 2. The molecule has 0 unspecified atom stereocenters. The second-order valence-electron chi connectivity index (χ2n) is 7.45. The highest BCUT2D eigenvalue weighted by atomic mass is 35.5. The van der Waals surface area contributed by atoms with Gasteiger partial charge in [-0.05, 0) is 65.9 Å². The van der Waals surface area contributed by atoms with E-state index < -0.39 is 0 Å². The molecule has 4 nitrogen and oxygen atoms in total. The molecule has 4 rings (SSSR count). The Balaban J connectivity index is 1.66. The molecule has 7 heteroatoms. The molecule has 0 aliphatic rings. The number of nitrogens with zero attached hydrogens (tertiary/aromatic N) is 1. The number of thiazole rings is 1. The lowest BCUT2D eigenvalue weighted by atomic mass is 10.0. The highest BCUT2D eigenvalue weighted by molar-refractivity contribution is 7.19. The number of aromatic nitrogens is 1. The number of aryl methyl sites for hydroxylation is 2. The molecule has 1 aromatic heterocycles. The SMILES string of the molecule is CCc1cccc(CC)c1NC(=O)Nc1nc(-c2ccc(F)cc2)c(-c2ccc(Cl)cc2)s1. The zero-order valence-electron chi connectivity index (χ0n) is 18.3. The minimum Gasteiger partial charge on any atom is -0.307 e. The van der Waals surface area contributed by atoms with E-state index in [2.05, 4.69) is 29.5 Å². The number of anilines is 2. The van der Waals surface area contributed by atoms with Crippen LogP contribution in [0.25, 0.3) is 21.7 Å². The molecule has 0 aliphatic heterocycles. The van der Waals surface area contributed by atoms with Crippen molar-refractivity contribution in [1.29, 1.82) is 0 Å². The normalized spacial score (nSPS) is 10.8. The highest BCUT2D eigenvalue weighted by Gasteiger charge is 2.18. The number of carbonyl (C=O) groups is 1. The number of amides is 2. The molecule has 2 amide bonds. The number of halogens is 2. The maximum absolute atomic E-state index is 13.5. The van der Waals surface area contributed by atoms with Crippen LogP contribution in [0.4, 0.5) is 20.0 Å². The molecule has 0 aliphatic carbocycles. The van der Waals surface area contributed by atoms with Crippen molar-refractivity contribution in [2.45, 2.75) is 26.7 Å². The molecule has 0 saturated carbocycles. The third kappa shape index (κ3) is 5.24. The fourth-order valence-corrected chi connectivity index (χ4v) is 4.73. The topological polar surface area (TPSA) is 54.0 Å². The van der Waals surface area contributed by atoms with Gasteiger partial charge in [0.1, 0.15) is 5.82 Å². The number of benzene rings is 3. The number of carbonyl (C=O) groups excluding carboxylic acids is 1. The summed E-state index contributed by atoms with van der Waals surface area (Å²) in [7, 11) is 0. The van der Waals surface area contributed by atoms with Gasteiger partial charge in [-0.1, -0.05) is 67.1 Å². The van der Waals surface area contributed by atoms with Gasteiger partial charge in [-0.15, -0.1) is 0 Å². The first-order valence-electron chi connectivity index (χ1n) is 10.7. The Morgan fingerprint density at radius 2 is 1.52 bits per heavy atom. The standard InChI is InChI=1S/C26H23ClFN3OS/c1-3-16-6-5-7-17(4-2)22(16)29-25(32)31-26-30-23(18-10-14-21(28)15-11-18)24(33-26)19-8-12-20(27)13-9-19/h5-15H,3-4H2,1-2H3,(H2,29,30,31,32). The molecule has 0 bridgehead atoms. The van der Waals surface area contributed by atoms with Crippen LogP contribution in [0.3, 0.4) is 0 Å². The van der Waals surface area contributed by atoms with E-state index in [1.165, 1.54) is 23.5 Å². The van der Waals surface area contributed by atoms with Crippen LogP contribution in [-0.4, -0.2) is 11.0 Å². The Morgan fingerprint density at radius 1 is 0.909 bits per heavy atom. The summed E-state index contributed by atoms with van der Waals surface area (Å²) in [4.78, 5) is 18.4. The molecule has 0 fully saturated rings. The lowest BCUT2D eigenvalue weighted by Gasteiger charge is -2.14. The van der Waals surface area contributed by atoms with E-state index in [9.17, 15) is 9.18 Å². The van der Waals surface area contributed by atoms with E-state index in [1.807, 2.05) is 30.3 Å². The van der Waals surface area contributed by atoms with Crippen molar-refractivity contribution < 1.29 is 9.18 Å². The van der Waals surface area contributed by atoms with Gasteiger partial charge >= 0.3 is 6.03 Å². The maximum Gasteiger partial charge on any atom is 0.325 e. The number of rotatable bonds is 6. The van der Waals surface area contributed by atoms with Crippen LogP contribution in [-0.2, 0) is 12.8 Å². The van der Waals surface area contributed by atoms with Gasteiger partial charge in [0.05, 0.1) is 10.6 Å². The van der Waals surface area contributed by atoms with E-state index in [0.29, 0.717) is 15.8 Å². The Morgan fingerprint density at radius 3 is 2.12 bits per heavy atom. The van der Waals surface area contributed by atoms with Gasteiger partial charge in [-0.3, -0.25) is 5.32 Å². The van der Waals surface area contributed by atoms with Gasteiger partial charge in [0.2, 0.25) is 0 Å². The smallest absolute Gasteiger partial charge is 0.307 e. The molecule has 0 radical (unpaired) electrons. The summed E-state index contributed by atoms with van der Waals surface area (Å²) in [5, 5.41) is 6.95. The van der Waals surface area contributed by atoms with Crippen LogP contribution in [0.1, 0.15) is 25.0 Å². The van der Waals surface area contributed by atoms with E-state index in [0.717, 1.165) is 45.7 Å². The number of hydrogen-bond acceptors (Lipinski definition) is 3. The molecule has 4 aromatic rings. The molecule has 168 valence electrons. The van der Waals surface area contributed by atoms with Gasteiger partial charge < -0.3 is 5.32 Å². The summed E-state index contributed by atoms with van der Waals surface area (Å²) in [5.41, 5.74) is 5.34. The Hall–Kier alpha value is -3.22. The van der Waals surface area contributed by atoms with E-state index >= 15 is 0 Å². The number of para-hydroxylation sites is 1. The number of urea groups is 1. The molecule has 0 spiro atoms. The quantitative estimate of drug-likeness (QED) is 0.294. The van der Waals surface area contributed by atoms with Gasteiger partial charge in [-0.2, -0.15) is 0 Å². The molecule has 0 atom stereocenters. The summed E-state index contributed by atoms with van der Waals surface area (Å²) in [5.74, 6) is -0.318. The van der Waals surface area contributed by atoms with E-state index in [-0.39, 0.29) is 11.8 Å². The van der Waals surface area contributed by atoms with Gasteiger partial charge in [0.15, 0.2) is 5.13 Å². The molecule has 33 heavy (non-hydrogen) atoms. The first-order valence-corrected chi connectivity index (χ1v) is 11.9. The summed E-state index contributed by atoms with van der Waals surface area (Å²) in [6.45, 7) is 4.12. The number of hydrogen-bond donors (Lipinski definition) is 2. The summed E-state index contributed by atoms with van der Waals surface area (Å²) >= 11 is 7.41. The Kier molecular flexibility index (Phi) is 7.06. The lowest BCUT2D eigenvalue weighted by molar-refractivity contribution is 0.262. The van der Waals surface area contributed by atoms with Crippen LogP contribution in [0.15, 0.2) is 66.7 Å². The maximum atomic E-state index is 13.5. The second-order valence-corrected chi connectivity index (χ2v) is 8.88. The molecular formula is C26H23ClFN3OS. The van der Waals surface area contributed by atoms with Crippen molar-refractivity contribution in [3.05, 3.63) is 88.7 Å². The van der Waals surface area contributed by atoms with E-state index in [1.54, 1.807) is 24.3 Å². The minimum atomic E-state index is -0.354. The minimum absolute atomic E-state index is 0.318. The largest absolute Gasteiger partial charge is 0.325 e. The van der Waals surface area contributed by atoms with Crippen LogP contribution < -0.4 is 10.6 Å². The van der Waals surface area contributed by atoms with Gasteiger partial charge in [-0.25, -0.2) is 14.2 Å². The fourth-order valence-electron chi connectivity index (χ4n) is 3.62. The van der Waals surface area contributed by atoms with Crippen molar-refractivity contribution >= 4 is 39.8 Å². The zero-order valence-corrected chi connectivity index (χ0v) is 19.9. The molecule has 3 aromatic carbocycles. The zero-order chi connectivity index (χ0) is 23.4. The lowest BCUT2D eigenvalue weighted by Crippen LogP contribution is -2.21. The first-order chi connectivity index (χ1) is 16.0. The predicted molar refractivity (Wildman–Crippen MR) is 136 cm³/mol. The average molecular weight is 480 g/mol. The monoisotopic (exact) mass is 479 g/mol. The van der Waals surface area contributed by atoms with Crippen LogP contribution in [0.2, 0.25) is 5.02 Å². The van der Waals surface area contributed by atoms with Gasteiger partial charge in [0, 0.05) is 16.3 Å². The van der Waals surface area contributed by atoms with Crippen LogP contribution in [0.5, 0.6) is 0 Å². The molecular weight excluding hydrogens is 457 g/mol. The Bertz CT molecular complexity index is 1180. The van der Waals surface area contributed by atoms with Gasteiger partial charge in [0.25, 0.3) is 0 Å². The summed E-state index contributed by atoms with van der Waals surface area (Å²) < 4.78 is 13.5. The Labute approximate surface area is 201 Å². The van der Waals surface area contributed by atoms with Crippen molar-refractivity contribution in [1.82, 2.24) is 4.98 Å². The third-order valence-corrected chi connectivity index (χ3v) is 6.58.